The van der Waals surface area contributed by atoms with E-state index >= 15 is 8.78 Å². The predicted molar refractivity (Wildman–Crippen MR) is 200 cm³/mol. The van der Waals surface area contributed by atoms with Crippen LogP contribution in [0.15, 0.2) is 61.1 Å². The molecule has 5 heterocycles. The van der Waals surface area contributed by atoms with E-state index in [0.29, 0.717) is 54.3 Å². The second-order valence-electron chi connectivity index (χ2n) is 15.7. The van der Waals surface area contributed by atoms with Crippen LogP contribution in [0, 0.1) is 11.6 Å². The van der Waals surface area contributed by atoms with Gasteiger partial charge in [-0.2, -0.15) is 13.2 Å². The van der Waals surface area contributed by atoms with Crippen LogP contribution in [0.3, 0.4) is 0 Å². The molecular formula is C41H46F5N7O3. The van der Waals surface area contributed by atoms with E-state index in [1.54, 1.807) is 30.5 Å². The fraction of sp³-hybridized carbons (Fsp3) is 0.463. The molecule has 0 radical (unpaired) electrons. The third-order valence-electron chi connectivity index (χ3n) is 11.4. The Bertz CT molecular complexity index is 2110. The topological polar surface area (TPSA) is 115 Å². The molecule has 1 aliphatic carbocycles. The first kappa shape index (κ1) is 39.5. The zero-order valence-electron chi connectivity index (χ0n) is 31.4. The quantitative estimate of drug-likeness (QED) is 0.159. The van der Waals surface area contributed by atoms with Crippen molar-refractivity contribution in [3.63, 3.8) is 0 Å². The lowest BCUT2D eigenvalue weighted by molar-refractivity contribution is -0.141. The van der Waals surface area contributed by atoms with Crippen molar-refractivity contribution < 1.29 is 36.6 Å². The van der Waals surface area contributed by atoms with Gasteiger partial charge in [-0.05, 0) is 94.7 Å². The Hall–Kier alpha value is -4.73. The number of hydrogen-bond donors (Lipinski definition) is 3. The number of aliphatic hydroxyl groups is 1. The van der Waals surface area contributed by atoms with Gasteiger partial charge in [-0.25, -0.2) is 18.7 Å². The van der Waals surface area contributed by atoms with Crippen LogP contribution in [0.5, 0.6) is 0 Å². The summed E-state index contributed by atoms with van der Waals surface area (Å²) in [6.45, 7) is 11.0. The van der Waals surface area contributed by atoms with Crippen molar-refractivity contribution in [2.45, 2.75) is 88.4 Å². The van der Waals surface area contributed by atoms with E-state index in [1.807, 2.05) is 6.20 Å². The minimum Gasteiger partial charge on any atom is -0.386 e. The first-order chi connectivity index (χ1) is 26.5. The summed E-state index contributed by atoms with van der Waals surface area (Å²) in [4.78, 5) is 38.6. The molecule has 3 N–H and O–H groups in total. The summed E-state index contributed by atoms with van der Waals surface area (Å²) >= 11 is 0. The number of hydrogen-bond acceptors (Lipinski definition) is 7. The average Bonchev–Trinajstić information content (AvgIpc) is 3.57. The second-order valence-corrected chi connectivity index (χ2v) is 15.7. The number of pyridine rings is 2. The number of anilines is 1. The molecule has 0 spiro atoms. The molecule has 2 aliphatic heterocycles. The Labute approximate surface area is 321 Å². The van der Waals surface area contributed by atoms with Crippen molar-refractivity contribution in [1.82, 2.24) is 29.5 Å². The monoisotopic (exact) mass is 779 g/mol. The molecule has 0 unspecified atom stereocenters. The van der Waals surface area contributed by atoms with Gasteiger partial charge in [0.05, 0.1) is 22.9 Å². The highest BCUT2D eigenvalue weighted by molar-refractivity contribution is 6.03. The number of nitrogens with zero attached hydrogens (tertiary/aromatic N) is 5. The van der Waals surface area contributed by atoms with E-state index in [9.17, 15) is 27.9 Å². The highest BCUT2D eigenvalue weighted by Crippen LogP contribution is 2.37. The summed E-state index contributed by atoms with van der Waals surface area (Å²) in [6.07, 6.45) is 4.00. The van der Waals surface area contributed by atoms with Gasteiger partial charge in [0.1, 0.15) is 28.7 Å². The van der Waals surface area contributed by atoms with E-state index in [4.69, 9.17) is 4.98 Å². The standard InChI is InChI=1S/C41H46F5N7O3/c1-24-7-12-28(38(54)47-24)37-30(42)19-25(20-31(37)43)13-14-51-15-17-52(18-16-51)27-10-8-26(9-11-27)33-22-53-23-34(29(40(2,3)56)21-36(53)49-33)50-39(55)32-5-4-6-35(48-32)41(44,45)46/h4-6,19-23,26-28,56H,1,7-18H2,2-3H3,(H,47,54)(H,50,55)/t26?,27?,28-/m1/s1. The number of piperidine rings is 1. The van der Waals surface area contributed by atoms with Crippen molar-refractivity contribution >= 4 is 23.1 Å². The number of rotatable bonds is 9. The minimum atomic E-state index is -4.70. The molecule has 7 rings (SSSR count). The van der Waals surface area contributed by atoms with Gasteiger partial charge in [-0.3, -0.25) is 14.5 Å². The minimum absolute atomic E-state index is 0.171. The Morgan fingerprint density at radius 1 is 0.982 bits per heavy atom. The molecule has 1 atom stereocenters. The molecule has 1 saturated carbocycles. The predicted octanol–water partition coefficient (Wildman–Crippen LogP) is 6.90. The lowest BCUT2D eigenvalue weighted by Gasteiger charge is -2.42. The summed E-state index contributed by atoms with van der Waals surface area (Å²) < 4.78 is 71.6. The third-order valence-corrected chi connectivity index (χ3v) is 11.4. The summed E-state index contributed by atoms with van der Waals surface area (Å²) in [7, 11) is 0. The number of fused-ring (bicyclic) bond motifs is 1. The van der Waals surface area contributed by atoms with Gasteiger partial charge in [-0.15, -0.1) is 0 Å². The summed E-state index contributed by atoms with van der Waals surface area (Å²) in [5.74, 6) is -3.27. The van der Waals surface area contributed by atoms with Crippen LogP contribution in [-0.4, -0.2) is 79.9 Å². The van der Waals surface area contributed by atoms with Gasteiger partial charge in [0.15, 0.2) is 0 Å². The van der Waals surface area contributed by atoms with Gasteiger partial charge in [0.2, 0.25) is 5.91 Å². The molecule has 3 aromatic heterocycles. The van der Waals surface area contributed by atoms with Gasteiger partial charge >= 0.3 is 6.18 Å². The number of alkyl halides is 3. The van der Waals surface area contributed by atoms with Crippen molar-refractivity contribution in [2.75, 3.05) is 38.0 Å². The van der Waals surface area contributed by atoms with Crippen LogP contribution in [-0.2, 0) is 23.0 Å². The third kappa shape index (κ3) is 8.64. The largest absolute Gasteiger partial charge is 0.433 e. The Morgan fingerprint density at radius 3 is 2.32 bits per heavy atom. The molecule has 56 heavy (non-hydrogen) atoms. The second kappa shape index (κ2) is 15.7. The molecule has 0 bridgehead atoms. The first-order valence-electron chi connectivity index (χ1n) is 19.1. The highest BCUT2D eigenvalue weighted by Gasteiger charge is 2.34. The zero-order valence-corrected chi connectivity index (χ0v) is 31.4. The molecule has 298 valence electrons. The maximum Gasteiger partial charge on any atom is 0.433 e. The number of imidazole rings is 1. The van der Waals surface area contributed by atoms with E-state index in [1.165, 1.54) is 18.2 Å². The maximum absolute atomic E-state index is 15.1. The van der Waals surface area contributed by atoms with E-state index in [0.717, 1.165) is 69.7 Å². The molecule has 2 saturated heterocycles. The van der Waals surface area contributed by atoms with Gasteiger partial charge < -0.3 is 25.0 Å². The van der Waals surface area contributed by atoms with Crippen LogP contribution in [0.1, 0.15) is 103 Å². The summed E-state index contributed by atoms with van der Waals surface area (Å²) in [5, 5.41) is 16.2. The molecule has 4 aromatic rings. The van der Waals surface area contributed by atoms with E-state index < -0.39 is 52.5 Å². The van der Waals surface area contributed by atoms with Crippen LogP contribution >= 0.6 is 0 Å². The SMILES string of the molecule is C=C1CC[C@H](c2c(F)cc(CCN3CCN(C4CCC(c5cn6cc(NC(=O)c7cccc(C(F)(F)F)n7)c(C(C)(C)O)cc6n5)CC4)CC3)cc2F)C(=O)N1. The Kier molecular flexibility index (Phi) is 11.0. The first-order valence-corrected chi connectivity index (χ1v) is 19.1. The van der Waals surface area contributed by atoms with Gasteiger partial charge in [-0.1, -0.05) is 12.6 Å². The Balaban J connectivity index is 0.928. The highest BCUT2D eigenvalue weighted by atomic mass is 19.4. The van der Waals surface area contributed by atoms with E-state index in [-0.39, 0.29) is 17.2 Å². The van der Waals surface area contributed by atoms with Crippen LogP contribution < -0.4 is 10.6 Å². The fourth-order valence-corrected chi connectivity index (χ4v) is 8.30. The van der Waals surface area contributed by atoms with E-state index in [2.05, 4.69) is 32.0 Å². The lowest BCUT2D eigenvalue weighted by atomic mass is 9.83. The van der Waals surface area contributed by atoms with Crippen molar-refractivity contribution in [1.29, 1.82) is 0 Å². The molecule has 1 aromatic carbocycles. The number of amides is 2. The normalized spacial score (nSPS) is 21.7. The van der Waals surface area contributed by atoms with Gasteiger partial charge in [0.25, 0.3) is 5.91 Å². The smallest absolute Gasteiger partial charge is 0.386 e. The average molecular weight is 780 g/mol. The molecule has 3 aliphatic rings. The van der Waals surface area contributed by atoms with Crippen LogP contribution in [0.2, 0.25) is 0 Å². The Morgan fingerprint density at radius 2 is 1.68 bits per heavy atom. The molecule has 3 fully saturated rings. The maximum atomic E-state index is 15.1. The molecular weight excluding hydrogens is 733 g/mol. The molecule has 15 heteroatoms. The van der Waals surface area contributed by atoms with Crippen molar-refractivity contribution in [2.24, 2.45) is 0 Å². The molecule has 2 amide bonds. The number of piperazine rings is 1. The number of halogens is 5. The fourth-order valence-electron chi connectivity index (χ4n) is 8.30. The number of benzene rings is 1. The lowest BCUT2D eigenvalue weighted by Crippen LogP contribution is -2.51. The zero-order chi connectivity index (χ0) is 39.9. The number of carbonyl (C=O) groups is 2. The van der Waals surface area contributed by atoms with Crippen LogP contribution in [0.25, 0.3) is 5.65 Å². The summed E-state index contributed by atoms with van der Waals surface area (Å²) in [5.41, 5.74) is 0.0582. The van der Waals surface area contributed by atoms with Gasteiger partial charge in [0, 0.05) is 73.9 Å². The van der Waals surface area contributed by atoms with Crippen molar-refractivity contribution in [3.8, 4) is 0 Å². The number of carbonyl (C=O) groups excluding carboxylic acids is 2. The van der Waals surface area contributed by atoms with Crippen LogP contribution in [0.4, 0.5) is 27.6 Å². The summed E-state index contributed by atoms with van der Waals surface area (Å²) in [6, 6.07) is 7.95. The van der Waals surface area contributed by atoms with Crippen molar-refractivity contribution in [3.05, 3.63) is 106 Å². The molecule has 10 nitrogen and oxygen atoms in total. The number of aromatic nitrogens is 3. The number of nitrogens with one attached hydrogen (secondary N) is 2. The number of allylic oxidation sites excluding steroid dienone is 1.